The van der Waals surface area contributed by atoms with E-state index in [1.807, 2.05) is 0 Å². The Morgan fingerprint density at radius 2 is 1.63 bits per heavy atom. The smallest absolute Gasteiger partial charge is 0.281 e. The number of halogens is 3. The van der Waals surface area contributed by atoms with Crippen molar-refractivity contribution >= 4 is 10.0 Å². The van der Waals surface area contributed by atoms with Gasteiger partial charge in [-0.2, -0.15) is 13.2 Å². The summed E-state index contributed by atoms with van der Waals surface area (Å²) in [5, 5.41) is 0. The number of sulfonamides is 1. The topological polar surface area (TPSA) is 55.4 Å². The third kappa shape index (κ3) is 4.48. The lowest BCUT2D eigenvalue weighted by Gasteiger charge is -2.20. The monoisotopic (exact) mass is 297 g/mol. The van der Waals surface area contributed by atoms with Gasteiger partial charge in [0.25, 0.3) is 10.0 Å². The predicted molar refractivity (Wildman–Crippen MR) is 62.6 cm³/mol. The summed E-state index contributed by atoms with van der Waals surface area (Å²) in [4.78, 5) is 5.64. The summed E-state index contributed by atoms with van der Waals surface area (Å²) in [5.41, 5.74) is -2.10. The van der Waals surface area contributed by atoms with Crippen LogP contribution in [0, 0.1) is 0 Å². The van der Waals surface area contributed by atoms with Gasteiger partial charge < -0.3 is 0 Å². The van der Waals surface area contributed by atoms with Gasteiger partial charge in [0, 0.05) is 0 Å². The number of nitrogens with one attached hydrogen (secondary N) is 1. The Morgan fingerprint density at radius 3 is 2.11 bits per heavy atom. The summed E-state index contributed by atoms with van der Waals surface area (Å²) < 4.78 is 61.8. The zero-order valence-corrected chi connectivity index (χ0v) is 11.4. The van der Waals surface area contributed by atoms with E-state index in [9.17, 15) is 21.6 Å². The van der Waals surface area contributed by atoms with Crippen molar-refractivity contribution in [3.8, 4) is 0 Å². The van der Waals surface area contributed by atoms with E-state index in [0.717, 1.165) is 12.1 Å². The van der Waals surface area contributed by atoms with Crippen molar-refractivity contribution in [1.29, 1.82) is 0 Å². The Hall–Kier alpha value is -1.12. The Bertz CT molecular complexity index is 547. The van der Waals surface area contributed by atoms with Crippen LogP contribution in [0.4, 0.5) is 13.2 Å². The molecule has 0 unspecified atom stereocenters. The molecular weight excluding hydrogens is 283 g/mol. The fourth-order valence-corrected chi connectivity index (χ4v) is 2.34. The highest BCUT2D eigenvalue weighted by atomic mass is 32.2. The van der Waals surface area contributed by atoms with Gasteiger partial charge >= 0.3 is 6.18 Å². The van der Waals surface area contributed by atoms with Gasteiger partial charge in [0.2, 0.25) is 0 Å². The van der Waals surface area contributed by atoms with Crippen molar-refractivity contribution in [3.05, 3.63) is 29.8 Å². The van der Waals surface area contributed by atoms with Gasteiger partial charge in [0.1, 0.15) is 0 Å². The van der Waals surface area contributed by atoms with Crippen molar-refractivity contribution in [3.63, 3.8) is 0 Å². The van der Waals surface area contributed by atoms with Crippen molar-refractivity contribution in [1.82, 2.24) is 4.89 Å². The molecule has 0 amide bonds. The molecule has 1 aromatic carbocycles. The van der Waals surface area contributed by atoms with Crippen molar-refractivity contribution < 1.29 is 26.4 Å². The summed E-state index contributed by atoms with van der Waals surface area (Å²) in [7, 11) is -4.40. The molecule has 0 atom stereocenters. The van der Waals surface area contributed by atoms with Gasteiger partial charge in [-0.1, -0.05) is 17.0 Å². The van der Waals surface area contributed by atoms with Crippen LogP contribution in [0.15, 0.2) is 29.2 Å². The molecular formula is C11H14F3NO3S. The molecule has 0 aliphatic rings. The highest BCUT2D eigenvalue weighted by molar-refractivity contribution is 7.89. The molecule has 0 aliphatic carbocycles. The van der Waals surface area contributed by atoms with Crippen LogP contribution in [0.1, 0.15) is 26.3 Å². The highest BCUT2D eigenvalue weighted by Gasteiger charge is 2.37. The van der Waals surface area contributed by atoms with Gasteiger partial charge in [-0.05, 0) is 32.9 Å². The maximum absolute atomic E-state index is 12.7. The lowest BCUT2D eigenvalue weighted by molar-refractivity contribution is -0.140. The number of alkyl halides is 3. The molecule has 4 nitrogen and oxygen atoms in total. The molecule has 19 heavy (non-hydrogen) atoms. The summed E-state index contributed by atoms with van der Waals surface area (Å²) >= 11 is 0. The number of hydrogen-bond acceptors (Lipinski definition) is 3. The van der Waals surface area contributed by atoms with E-state index in [1.54, 1.807) is 25.7 Å². The maximum atomic E-state index is 12.7. The summed E-state index contributed by atoms with van der Waals surface area (Å²) in [6.45, 7) is 4.68. The van der Waals surface area contributed by atoms with E-state index < -0.39 is 32.3 Å². The zero-order chi connectivity index (χ0) is 14.9. The largest absolute Gasteiger partial charge is 0.417 e. The standard InChI is InChI=1S/C11H14F3NO3S/c1-10(2,3)18-15-19(16,17)9-7-5-4-6-8(9)11(12,13)14/h4-7,15H,1-3H3. The van der Waals surface area contributed by atoms with Crippen molar-refractivity contribution in [2.45, 2.75) is 37.4 Å². The molecule has 0 fully saturated rings. The molecule has 0 spiro atoms. The lowest BCUT2D eigenvalue weighted by Crippen LogP contribution is -2.34. The predicted octanol–water partition coefficient (Wildman–Crippen LogP) is 2.71. The van der Waals surface area contributed by atoms with Gasteiger partial charge in [0.05, 0.1) is 16.1 Å². The molecule has 0 aliphatic heterocycles. The molecule has 0 saturated carbocycles. The van der Waals surface area contributed by atoms with Crippen LogP contribution in [0.3, 0.4) is 0 Å². The van der Waals surface area contributed by atoms with E-state index >= 15 is 0 Å². The quantitative estimate of drug-likeness (QED) is 0.873. The Balaban J connectivity index is 3.16. The van der Waals surface area contributed by atoms with Crippen LogP contribution in [0.2, 0.25) is 0 Å². The summed E-state index contributed by atoms with van der Waals surface area (Å²) in [5.74, 6) is 0. The zero-order valence-electron chi connectivity index (χ0n) is 10.6. The first kappa shape index (κ1) is 15.9. The van der Waals surface area contributed by atoms with Crippen LogP contribution >= 0.6 is 0 Å². The molecule has 1 N–H and O–H groups in total. The first-order valence-electron chi connectivity index (χ1n) is 5.29. The second-order valence-corrected chi connectivity index (χ2v) is 6.41. The second kappa shape index (κ2) is 5.10. The van der Waals surface area contributed by atoms with E-state index in [0.29, 0.717) is 6.07 Å². The average molecular weight is 297 g/mol. The molecule has 0 saturated heterocycles. The fraction of sp³-hybridized carbons (Fsp3) is 0.455. The molecule has 0 heterocycles. The van der Waals surface area contributed by atoms with Gasteiger partial charge in [0.15, 0.2) is 0 Å². The van der Waals surface area contributed by atoms with Crippen molar-refractivity contribution in [2.24, 2.45) is 0 Å². The molecule has 0 aromatic heterocycles. The van der Waals surface area contributed by atoms with E-state index in [4.69, 9.17) is 4.84 Å². The molecule has 1 aromatic rings. The minimum absolute atomic E-state index is 0.700. The van der Waals surface area contributed by atoms with Crippen LogP contribution in [0.5, 0.6) is 0 Å². The normalized spacial score (nSPS) is 13.6. The summed E-state index contributed by atoms with van der Waals surface area (Å²) in [6, 6.07) is 3.90. The van der Waals surface area contributed by atoms with Crippen LogP contribution in [-0.2, 0) is 21.0 Å². The van der Waals surface area contributed by atoms with Gasteiger partial charge in [-0.15, -0.1) is 0 Å². The molecule has 0 bridgehead atoms. The van der Waals surface area contributed by atoms with E-state index in [1.165, 1.54) is 6.07 Å². The van der Waals surface area contributed by atoms with E-state index in [2.05, 4.69) is 0 Å². The second-order valence-electron chi connectivity index (χ2n) is 4.80. The minimum Gasteiger partial charge on any atom is -0.281 e. The average Bonchev–Trinajstić information content (AvgIpc) is 2.25. The lowest BCUT2D eigenvalue weighted by atomic mass is 10.2. The SMILES string of the molecule is CC(C)(C)ONS(=O)(=O)c1ccccc1C(F)(F)F. The maximum Gasteiger partial charge on any atom is 0.417 e. The van der Waals surface area contributed by atoms with Crippen molar-refractivity contribution in [2.75, 3.05) is 0 Å². The number of hydrogen-bond donors (Lipinski definition) is 1. The van der Waals surface area contributed by atoms with Gasteiger partial charge in [-0.3, -0.25) is 4.84 Å². The Morgan fingerprint density at radius 1 is 1.11 bits per heavy atom. The number of rotatable bonds is 3. The fourth-order valence-electron chi connectivity index (χ4n) is 1.16. The Labute approximate surface area is 109 Å². The van der Waals surface area contributed by atoms with Gasteiger partial charge in [-0.25, -0.2) is 8.42 Å². The third-order valence-electron chi connectivity index (χ3n) is 1.94. The molecule has 0 radical (unpaired) electrons. The Kier molecular flexibility index (Phi) is 4.28. The molecule has 8 heteroatoms. The molecule has 108 valence electrons. The first-order valence-corrected chi connectivity index (χ1v) is 6.78. The van der Waals surface area contributed by atoms with E-state index in [-0.39, 0.29) is 0 Å². The summed E-state index contributed by atoms with van der Waals surface area (Å²) in [6.07, 6.45) is -4.76. The van der Waals surface area contributed by atoms with Crippen LogP contribution in [0.25, 0.3) is 0 Å². The minimum atomic E-state index is -4.76. The van der Waals surface area contributed by atoms with Crippen LogP contribution < -0.4 is 4.89 Å². The van der Waals surface area contributed by atoms with Crippen LogP contribution in [-0.4, -0.2) is 14.0 Å². The number of benzene rings is 1. The third-order valence-corrected chi connectivity index (χ3v) is 3.18. The highest BCUT2D eigenvalue weighted by Crippen LogP contribution is 2.33. The molecule has 1 rings (SSSR count). The first-order chi connectivity index (χ1) is 8.43.